The highest BCUT2D eigenvalue weighted by molar-refractivity contribution is 5.81. The fraction of sp³-hybridized carbons (Fsp3) is 0.615. The smallest absolute Gasteiger partial charge is 0.197 e. The number of amidine groups is 2. The molecule has 10 nitrogen and oxygen atoms in total. The zero-order chi connectivity index (χ0) is 27.7. The van der Waals surface area contributed by atoms with Crippen molar-refractivity contribution in [3.63, 3.8) is 0 Å². The lowest BCUT2D eigenvalue weighted by Crippen LogP contribution is -2.28. The van der Waals surface area contributed by atoms with Crippen LogP contribution in [-0.4, -0.2) is 63.8 Å². The second kappa shape index (κ2) is 18.0. The number of aromatic nitrogens is 4. The number of nitrogens with one attached hydrogen (secondary N) is 5. The largest absolute Gasteiger partial charge is 0.392 e. The molecule has 2 unspecified atom stereocenters. The van der Waals surface area contributed by atoms with Crippen molar-refractivity contribution in [2.24, 2.45) is 9.98 Å². The highest BCUT2D eigenvalue weighted by Gasteiger charge is 2.16. The topological polar surface area (TPSA) is 144 Å². The molecule has 0 spiro atoms. The highest BCUT2D eigenvalue weighted by atomic mass is 15.1. The summed E-state index contributed by atoms with van der Waals surface area (Å²) < 4.78 is 0. The van der Waals surface area contributed by atoms with E-state index < -0.39 is 0 Å². The second-order valence-corrected chi connectivity index (χ2v) is 8.83. The van der Waals surface area contributed by atoms with Gasteiger partial charge in [0.25, 0.3) is 0 Å². The van der Waals surface area contributed by atoms with Gasteiger partial charge in [-0.15, -0.1) is 0 Å². The lowest BCUT2D eigenvalue weighted by Gasteiger charge is -2.08. The molecule has 2 aromatic rings. The second-order valence-electron chi connectivity index (χ2n) is 8.83. The van der Waals surface area contributed by atoms with Crippen LogP contribution in [-0.2, 0) is 0 Å². The van der Waals surface area contributed by atoms with Gasteiger partial charge in [-0.3, -0.25) is 9.98 Å². The van der Waals surface area contributed by atoms with E-state index in [1.54, 1.807) is 6.20 Å². The Labute approximate surface area is 218 Å². The van der Waals surface area contributed by atoms with Crippen LogP contribution in [0.15, 0.2) is 28.5 Å². The van der Waals surface area contributed by atoms with Crippen molar-refractivity contribution in [2.75, 3.05) is 25.9 Å². The Bertz CT molecular complexity index is 896. The Hall–Kier alpha value is -3.30. The van der Waals surface area contributed by atoms with Gasteiger partial charge in [-0.05, 0) is 68.2 Å². The molecule has 204 valence electrons. The molecule has 0 saturated carbocycles. The molecule has 0 radical (unpaired) electrons. The molecule has 4 heterocycles. The number of hydrogen-bond donors (Lipinski definition) is 6. The molecule has 0 saturated heterocycles. The summed E-state index contributed by atoms with van der Waals surface area (Å²) in [6.07, 6.45) is 3.91. The summed E-state index contributed by atoms with van der Waals surface area (Å²) in [5.41, 5.74) is 9.57. The van der Waals surface area contributed by atoms with Crippen molar-refractivity contribution >= 4 is 17.6 Å². The monoisotopic (exact) mass is 502 g/mol. The maximum Gasteiger partial charge on any atom is 0.197 e. The minimum Gasteiger partial charge on any atom is -0.392 e. The summed E-state index contributed by atoms with van der Waals surface area (Å²) >= 11 is 0. The van der Waals surface area contributed by atoms with Gasteiger partial charge in [-0.2, -0.15) is 0 Å². The predicted octanol–water partition coefficient (Wildman–Crippen LogP) is 3.95. The number of nitrogens with zero attached hydrogens (tertiary/aromatic N) is 4. The summed E-state index contributed by atoms with van der Waals surface area (Å²) in [6, 6.07) is 1.00. The maximum atomic E-state index is 5.21. The Morgan fingerprint density at radius 3 is 1.92 bits per heavy atom. The molecule has 10 heteroatoms. The number of anilines is 1. The van der Waals surface area contributed by atoms with Gasteiger partial charge >= 0.3 is 0 Å². The number of aryl methyl sites for hydroxylation is 4. The first-order valence-corrected chi connectivity index (χ1v) is 12.6. The first-order chi connectivity index (χ1) is 16.9. The van der Waals surface area contributed by atoms with Crippen LogP contribution in [0, 0.1) is 27.7 Å². The van der Waals surface area contributed by atoms with E-state index in [2.05, 4.69) is 73.2 Å². The number of nitrogen functional groups attached to an aromatic ring is 1. The maximum absolute atomic E-state index is 5.21. The van der Waals surface area contributed by atoms with Crippen LogP contribution in [0.25, 0.3) is 0 Å². The number of hydrogen-bond acceptors (Lipinski definition) is 8. The van der Waals surface area contributed by atoms with Gasteiger partial charge in [0.05, 0.1) is 23.4 Å². The molecule has 0 aromatic carbocycles. The van der Waals surface area contributed by atoms with Gasteiger partial charge in [-0.1, -0.05) is 13.5 Å². The van der Waals surface area contributed by atoms with E-state index in [-0.39, 0.29) is 0 Å². The van der Waals surface area contributed by atoms with Gasteiger partial charge in [0.2, 0.25) is 0 Å². The van der Waals surface area contributed by atoms with Crippen LogP contribution in [0.4, 0.5) is 5.95 Å². The third-order valence-corrected chi connectivity index (χ3v) is 5.37. The summed E-state index contributed by atoms with van der Waals surface area (Å²) in [5.74, 6) is 3.65. The van der Waals surface area contributed by atoms with Crippen LogP contribution in [0.1, 0.15) is 70.4 Å². The molecule has 0 amide bonds. The van der Waals surface area contributed by atoms with E-state index >= 15 is 0 Å². The van der Waals surface area contributed by atoms with Crippen molar-refractivity contribution in [3.8, 4) is 0 Å². The molecule has 0 fully saturated rings. The lowest BCUT2D eigenvalue weighted by atomic mass is 10.2. The summed E-state index contributed by atoms with van der Waals surface area (Å²) in [4.78, 5) is 22.2. The number of aromatic amines is 2. The molecule has 7 N–H and O–H groups in total. The molecule has 0 bridgehead atoms. The van der Waals surface area contributed by atoms with Gasteiger partial charge in [0, 0.05) is 49.5 Å². The molecule has 0 aliphatic carbocycles. The van der Waals surface area contributed by atoms with E-state index in [1.807, 2.05) is 48.6 Å². The minimum atomic E-state index is 0.468. The van der Waals surface area contributed by atoms with Gasteiger partial charge < -0.3 is 31.7 Å². The van der Waals surface area contributed by atoms with E-state index in [4.69, 9.17) is 5.73 Å². The number of rotatable bonds is 2. The normalized spacial score (nSPS) is 17.4. The van der Waals surface area contributed by atoms with Crippen LogP contribution in [0.3, 0.4) is 0 Å². The molecule has 2 aliphatic rings. The molecule has 36 heavy (non-hydrogen) atoms. The zero-order valence-corrected chi connectivity index (χ0v) is 24.1. The van der Waals surface area contributed by atoms with Crippen molar-refractivity contribution in [3.05, 3.63) is 41.4 Å². The third-order valence-electron chi connectivity index (χ3n) is 5.37. The van der Waals surface area contributed by atoms with E-state index in [9.17, 15) is 0 Å². The fourth-order valence-electron chi connectivity index (χ4n) is 2.89. The van der Waals surface area contributed by atoms with Crippen LogP contribution >= 0.6 is 0 Å². The van der Waals surface area contributed by atoms with Crippen LogP contribution < -0.4 is 21.7 Å². The molecular formula is C26H50N10. The average molecular weight is 503 g/mol. The van der Waals surface area contributed by atoms with Crippen LogP contribution in [0.5, 0.6) is 0 Å². The average Bonchev–Trinajstić information content (AvgIpc) is 3.46. The number of H-pyrrole nitrogens is 2. The Kier molecular flexibility index (Phi) is 16.4. The molecule has 2 aliphatic heterocycles. The first-order valence-electron chi connectivity index (χ1n) is 12.6. The molecule has 2 aromatic heterocycles. The third kappa shape index (κ3) is 15.6. The van der Waals surface area contributed by atoms with Crippen molar-refractivity contribution in [2.45, 2.75) is 87.2 Å². The zero-order valence-electron chi connectivity index (χ0n) is 24.1. The number of aliphatic imine (C=N–C) groups is 2. The van der Waals surface area contributed by atoms with Crippen molar-refractivity contribution < 1.29 is 0 Å². The van der Waals surface area contributed by atoms with Gasteiger partial charge in [0.15, 0.2) is 5.95 Å². The summed E-state index contributed by atoms with van der Waals surface area (Å²) in [6.45, 7) is 24.0. The van der Waals surface area contributed by atoms with Gasteiger partial charge in [-0.25, -0.2) is 9.97 Å². The highest BCUT2D eigenvalue weighted by Crippen LogP contribution is 2.04. The summed E-state index contributed by atoms with van der Waals surface area (Å²) in [7, 11) is 1.88. The Morgan fingerprint density at radius 2 is 1.78 bits per heavy atom. The van der Waals surface area contributed by atoms with Crippen molar-refractivity contribution in [1.29, 1.82) is 0 Å². The van der Waals surface area contributed by atoms with E-state index in [0.717, 1.165) is 54.1 Å². The summed E-state index contributed by atoms with van der Waals surface area (Å²) in [5, 5.41) is 9.27. The van der Waals surface area contributed by atoms with E-state index in [1.165, 1.54) is 12.1 Å². The quantitative estimate of drug-likeness (QED) is 0.367. The predicted molar refractivity (Wildman–Crippen MR) is 155 cm³/mol. The van der Waals surface area contributed by atoms with Crippen LogP contribution in [0.2, 0.25) is 0 Å². The molecule has 2 atom stereocenters. The minimum absolute atomic E-state index is 0.468. The lowest BCUT2D eigenvalue weighted by molar-refractivity contribution is 0.601. The van der Waals surface area contributed by atoms with Gasteiger partial charge in [0.1, 0.15) is 5.82 Å². The first kappa shape index (κ1) is 32.7. The van der Waals surface area contributed by atoms with E-state index in [0.29, 0.717) is 18.0 Å². The number of imidazole rings is 2. The SMILES string of the molecule is C=C(CC)NC.CC1=NC(C)C(C)N1.CC1=NCCCN1.Cc1cnc(N)[nH]1.Cc1nc(C)c(C)[nH]1. The number of allylic oxidation sites excluding steroid dienone is 1. The Balaban J connectivity index is 0.000000427. The standard InChI is InChI=1S/C6H12N2.C6H10N2.C5H10N2.C5H11N.C4H7N3/c2*1-4-5(2)8-6(3)7-4;1-5-6-3-2-4-7-5;1-4-5(2)6-3;1-3-2-6-4(5)7-3/h4-5H,1-3H3,(H,7,8);1-3H3,(H,7,8);2-4H2,1H3,(H,6,7);6H,2,4H2,1,3H3;2H,1H3,(H3,5,6,7). The Morgan fingerprint density at radius 1 is 1.11 bits per heavy atom. The number of nitrogens with two attached hydrogens (primary N) is 1. The molecule has 4 rings (SSSR count). The fourth-order valence-corrected chi connectivity index (χ4v) is 2.89. The van der Waals surface area contributed by atoms with Crippen molar-refractivity contribution in [1.82, 2.24) is 35.9 Å². The molecular weight excluding hydrogens is 452 g/mol.